The van der Waals surface area contributed by atoms with E-state index >= 15 is 0 Å². The Morgan fingerprint density at radius 3 is 2.62 bits per heavy atom. The summed E-state index contributed by atoms with van der Waals surface area (Å²) >= 11 is 0. The van der Waals surface area contributed by atoms with Crippen LogP contribution in [0, 0.1) is 13.8 Å². The number of hydrogen-bond acceptors (Lipinski definition) is 5. The van der Waals surface area contributed by atoms with E-state index in [1.165, 1.54) is 4.31 Å². The molecule has 8 heteroatoms. The van der Waals surface area contributed by atoms with Gasteiger partial charge in [0.25, 0.3) is 0 Å². The number of anilines is 1. The fraction of sp³-hybridized carbons (Fsp3) is 0.333. The molecule has 0 aliphatic carbocycles. The fourth-order valence-electron chi connectivity index (χ4n) is 4.68. The van der Waals surface area contributed by atoms with Crippen molar-refractivity contribution in [3.8, 4) is 0 Å². The highest BCUT2D eigenvalue weighted by molar-refractivity contribution is 7.89. The number of cyclic esters (lactones) is 1. The second-order valence-electron chi connectivity index (χ2n) is 8.51. The molecule has 1 saturated heterocycles. The second kappa shape index (κ2) is 7.86. The van der Waals surface area contributed by atoms with Gasteiger partial charge in [0.2, 0.25) is 10.0 Å². The number of sulfonamides is 1. The second-order valence-corrected chi connectivity index (χ2v) is 10.4. The summed E-state index contributed by atoms with van der Waals surface area (Å²) in [5, 5.41) is 0.809. The minimum atomic E-state index is -3.63. The third kappa shape index (κ3) is 3.53. The van der Waals surface area contributed by atoms with Gasteiger partial charge >= 0.3 is 6.09 Å². The maximum absolute atomic E-state index is 13.3. The van der Waals surface area contributed by atoms with Crippen LogP contribution in [0.1, 0.15) is 29.5 Å². The van der Waals surface area contributed by atoms with Gasteiger partial charge in [-0.25, -0.2) is 13.2 Å². The van der Waals surface area contributed by atoms with E-state index in [0.29, 0.717) is 25.9 Å². The van der Waals surface area contributed by atoms with Crippen molar-refractivity contribution < 1.29 is 17.9 Å². The van der Waals surface area contributed by atoms with Crippen LogP contribution >= 0.6 is 0 Å². The number of pyridine rings is 1. The average molecular weight is 452 g/mol. The first kappa shape index (κ1) is 20.9. The van der Waals surface area contributed by atoms with E-state index in [1.807, 2.05) is 38.1 Å². The van der Waals surface area contributed by atoms with E-state index in [-0.39, 0.29) is 23.6 Å². The van der Waals surface area contributed by atoms with E-state index in [9.17, 15) is 13.2 Å². The number of benzene rings is 2. The Bertz CT molecular complexity index is 1310. The molecule has 2 aromatic carbocycles. The Labute approximate surface area is 187 Å². The number of para-hydroxylation sites is 1. The smallest absolute Gasteiger partial charge is 0.414 e. The number of aromatic nitrogens is 1. The minimum absolute atomic E-state index is 0.0995. The first-order valence-electron chi connectivity index (χ1n) is 10.8. The largest absolute Gasteiger partial charge is 0.444 e. The maximum atomic E-state index is 13.3. The number of rotatable bonds is 3. The molecule has 0 N–H and O–H groups in total. The molecule has 0 saturated carbocycles. The van der Waals surface area contributed by atoms with Crippen molar-refractivity contribution in [1.29, 1.82) is 0 Å². The SMILES string of the molecule is Cc1cnc2ccc(S(=O)(=O)N3CCC(N4C(=O)OCc5cccc(C)c54)CC3)cc2c1. The van der Waals surface area contributed by atoms with Crippen LogP contribution in [-0.4, -0.2) is 42.9 Å². The van der Waals surface area contributed by atoms with Gasteiger partial charge in [0.1, 0.15) is 6.61 Å². The zero-order valence-electron chi connectivity index (χ0n) is 18.1. The first-order valence-corrected chi connectivity index (χ1v) is 12.2. The molecule has 3 aromatic rings. The molecule has 1 amide bonds. The van der Waals surface area contributed by atoms with Gasteiger partial charge in [0.15, 0.2) is 0 Å². The third-order valence-corrected chi connectivity index (χ3v) is 8.22. The van der Waals surface area contributed by atoms with Crippen LogP contribution in [0.15, 0.2) is 53.6 Å². The topological polar surface area (TPSA) is 79.8 Å². The van der Waals surface area contributed by atoms with E-state index in [4.69, 9.17) is 4.74 Å². The number of fused-ring (bicyclic) bond motifs is 2. The number of hydrogen-bond donors (Lipinski definition) is 0. The van der Waals surface area contributed by atoms with Crippen molar-refractivity contribution in [3.05, 3.63) is 65.4 Å². The van der Waals surface area contributed by atoms with Crippen LogP contribution in [0.5, 0.6) is 0 Å². The van der Waals surface area contributed by atoms with Gasteiger partial charge in [-0.2, -0.15) is 4.31 Å². The van der Waals surface area contributed by atoms with Gasteiger partial charge in [-0.3, -0.25) is 9.88 Å². The van der Waals surface area contributed by atoms with Crippen molar-refractivity contribution in [2.75, 3.05) is 18.0 Å². The Morgan fingerprint density at radius 2 is 1.84 bits per heavy atom. The quantitative estimate of drug-likeness (QED) is 0.597. The number of nitrogens with zero attached hydrogens (tertiary/aromatic N) is 3. The lowest BCUT2D eigenvalue weighted by atomic mass is 10.00. The Kier molecular flexibility index (Phi) is 5.14. The number of carbonyl (C=O) groups is 1. The molecule has 5 rings (SSSR count). The summed E-state index contributed by atoms with van der Waals surface area (Å²) in [6, 6.07) is 12.8. The number of ether oxygens (including phenoxy) is 1. The molecule has 3 heterocycles. The van der Waals surface area contributed by atoms with Crippen LogP contribution < -0.4 is 4.90 Å². The lowest BCUT2D eigenvalue weighted by Gasteiger charge is -2.40. The standard InChI is InChI=1S/C24H25N3O4S/c1-16-12-19-13-21(6-7-22(19)25-14-16)32(29,30)26-10-8-20(9-11-26)27-23-17(2)4-3-5-18(23)15-31-24(27)28/h3-7,12-14,20H,8-11,15H2,1-2H3. The number of carbonyl (C=O) groups excluding carboxylic acids is 1. The summed E-state index contributed by atoms with van der Waals surface area (Å²) in [4.78, 5) is 19.0. The van der Waals surface area contributed by atoms with Gasteiger partial charge < -0.3 is 4.74 Å². The van der Waals surface area contributed by atoms with Crippen LogP contribution in [-0.2, 0) is 21.4 Å². The molecular weight excluding hydrogens is 426 g/mol. The lowest BCUT2D eigenvalue weighted by molar-refractivity contribution is 0.135. The molecule has 1 aromatic heterocycles. The van der Waals surface area contributed by atoms with E-state index < -0.39 is 10.0 Å². The zero-order valence-corrected chi connectivity index (χ0v) is 18.9. The Hall–Kier alpha value is -2.97. The summed E-state index contributed by atoms with van der Waals surface area (Å²) in [6.07, 6.45) is 2.52. The predicted octanol–water partition coefficient (Wildman–Crippen LogP) is 4.16. The van der Waals surface area contributed by atoms with Crippen LogP contribution in [0.4, 0.5) is 10.5 Å². The molecular formula is C24H25N3O4S. The van der Waals surface area contributed by atoms with Crippen LogP contribution in [0.2, 0.25) is 0 Å². The number of aryl methyl sites for hydroxylation is 2. The van der Waals surface area contributed by atoms with Gasteiger partial charge in [0.05, 0.1) is 16.1 Å². The molecule has 166 valence electrons. The maximum Gasteiger partial charge on any atom is 0.414 e. The zero-order chi connectivity index (χ0) is 22.5. The van der Waals surface area contributed by atoms with Crippen molar-refractivity contribution >= 4 is 32.7 Å². The first-order chi connectivity index (χ1) is 15.3. The monoisotopic (exact) mass is 451 g/mol. The minimum Gasteiger partial charge on any atom is -0.444 e. The van der Waals surface area contributed by atoms with E-state index in [0.717, 1.165) is 33.3 Å². The Morgan fingerprint density at radius 1 is 1.06 bits per heavy atom. The van der Waals surface area contributed by atoms with Crippen LogP contribution in [0.3, 0.4) is 0 Å². The van der Waals surface area contributed by atoms with Gasteiger partial charge in [-0.15, -0.1) is 0 Å². The summed E-state index contributed by atoms with van der Waals surface area (Å²) in [5.74, 6) is 0. The molecule has 0 radical (unpaired) electrons. The van der Waals surface area contributed by atoms with Crippen molar-refractivity contribution in [2.24, 2.45) is 0 Å². The fourth-order valence-corrected chi connectivity index (χ4v) is 6.19. The van der Waals surface area contributed by atoms with Gasteiger partial charge in [-0.05, 0) is 62.1 Å². The van der Waals surface area contributed by atoms with E-state index in [2.05, 4.69) is 4.98 Å². The highest BCUT2D eigenvalue weighted by Crippen LogP contribution is 2.35. The van der Waals surface area contributed by atoms with Gasteiger partial charge in [0, 0.05) is 36.3 Å². The molecule has 2 aliphatic heterocycles. The van der Waals surface area contributed by atoms with Crippen molar-refractivity contribution in [3.63, 3.8) is 0 Å². The average Bonchev–Trinajstić information content (AvgIpc) is 2.79. The normalized spacial score (nSPS) is 17.9. The van der Waals surface area contributed by atoms with E-state index in [1.54, 1.807) is 29.3 Å². The number of amides is 1. The molecule has 7 nitrogen and oxygen atoms in total. The molecule has 2 aliphatic rings. The van der Waals surface area contributed by atoms with Crippen LogP contribution in [0.25, 0.3) is 10.9 Å². The summed E-state index contributed by atoms with van der Waals surface area (Å²) in [5.41, 5.74) is 4.67. The molecule has 0 unspecified atom stereocenters. The highest BCUT2D eigenvalue weighted by atomic mass is 32.2. The third-order valence-electron chi connectivity index (χ3n) is 6.33. The molecule has 0 atom stereocenters. The molecule has 0 spiro atoms. The summed E-state index contributed by atoms with van der Waals surface area (Å²) in [6.45, 7) is 4.89. The van der Waals surface area contributed by atoms with Gasteiger partial charge in [-0.1, -0.05) is 18.2 Å². The molecule has 32 heavy (non-hydrogen) atoms. The lowest BCUT2D eigenvalue weighted by Crippen LogP contribution is -2.50. The highest BCUT2D eigenvalue weighted by Gasteiger charge is 2.37. The van der Waals surface area contributed by atoms with Crippen molar-refractivity contribution in [1.82, 2.24) is 9.29 Å². The Balaban J connectivity index is 1.38. The predicted molar refractivity (Wildman–Crippen MR) is 122 cm³/mol. The molecule has 1 fully saturated rings. The summed E-state index contributed by atoms with van der Waals surface area (Å²) < 4.78 is 33.5. The molecule has 0 bridgehead atoms. The van der Waals surface area contributed by atoms with Crippen molar-refractivity contribution in [2.45, 2.75) is 44.2 Å². The summed E-state index contributed by atoms with van der Waals surface area (Å²) in [7, 11) is -3.63. The number of piperidine rings is 1.